The number of amides is 2. The molecular weight excluding hydrogens is 302 g/mol. The summed E-state index contributed by atoms with van der Waals surface area (Å²) < 4.78 is 25.8. The molecule has 0 spiro atoms. The Labute approximate surface area is 132 Å². The molecule has 23 heavy (non-hydrogen) atoms. The Bertz CT molecular complexity index is 664. The summed E-state index contributed by atoms with van der Waals surface area (Å²) in [5.74, 6) is 0.537. The molecule has 1 atom stereocenters. The molecular formula is C16H16F2N4O. The van der Waals surface area contributed by atoms with Crippen molar-refractivity contribution in [2.24, 2.45) is 0 Å². The number of carbonyl (C=O) groups excluding carboxylic acids is 1. The van der Waals surface area contributed by atoms with E-state index in [0.29, 0.717) is 30.9 Å². The van der Waals surface area contributed by atoms with E-state index in [1.165, 1.54) is 17.3 Å². The third kappa shape index (κ3) is 3.44. The maximum atomic E-state index is 12.9. The fourth-order valence-electron chi connectivity index (χ4n) is 2.63. The van der Waals surface area contributed by atoms with Crippen molar-refractivity contribution >= 4 is 11.7 Å². The molecule has 7 heteroatoms. The second-order valence-corrected chi connectivity index (χ2v) is 5.33. The number of halogens is 2. The van der Waals surface area contributed by atoms with Crippen LogP contribution in [0.15, 0.2) is 42.7 Å². The molecule has 3 rings (SSSR count). The van der Waals surface area contributed by atoms with Gasteiger partial charge in [0.05, 0.1) is 24.1 Å². The topological polar surface area (TPSA) is 58.1 Å². The van der Waals surface area contributed by atoms with Crippen LogP contribution >= 0.6 is 0 Å². The minimum absolute atomic E-state index is 0.328. The molecule has 0 saturated carbocycles. The molecule has 0 bridgehead atoms. The maximum absolute atomic E-state index is 12.9. The van der Waals surface area contributed by atoms with Gasteiger partial charge in [0.25, 0.3) is 6.43 Å². The summed E-state index contributed by atoms with van der Waals surface area (Å²) in [6.45, 7) is 0.337. The molecule has 1 fully saturated rings. The standard InChI is InChI=1S/C16H16F2N4O/c17-14(18)13-7-4-8-22(13)16(23)21-12-9-19-15(20-10-12)11-5-2-1-3-6-11/h1-3,5-6,9-10,13-14H,4,7-8H2,(H,21,23)/t13-/m0/s1. The molecule has 0 unspecified atom stereocenters. The molecule has 2 aromatic rings. The lowest BCUT2D eigenvalue weighted by atomic mass is 10.2. The van der Waals surface area contributed by atoms with Crippen molar-refractivity contribution in [2.45, 2.75) is 25.3 Å². The van der Waals surface area contributed by atoms with Gasteiger partial charge in [0.2, 0.25) is 0 Å². The van der Waals surface area contributed by atoms with Crippen molar-refractivity contribution < 1.29 is 13.6 Å². The lowest BCUT2D eigenvalue weighted by Gasteiger charge is -2.24. The van der Waals surface area contributed by atoms with Crippen molar-refractivity contribution in [1.29, 1.82) is 0 Å². The van der Waals surface area contributed by atoms with Crippen LogP contribution in [0.4, 0.5) is 19.3 Å². The molecule has 2 amide bonds. The fourth-order valence-corrected chi connectivity index (χ4v) is 2.63. The van der Waals surface area contributed by atoms with E-state index in [4.69, 9.17) is 0 Å². The van der Waals surface area contributed by atoms with Crippen LogP contribution in [0.25, 0.3) is 11.4 Å². The zero-order valence-electron chi connectivity index (χ0n) is 12.3. The average Bonchev–Trinajstić information content (AvgIpc) is 3.06. The summed E-state index contributed by atoms with van der Waals surface area (Å²) in [5.41, 5.74) is 1.25. The first kappa shape index (κ1) is 15.3. The summed E-state index contributed by atoms with van der Waals surface area (Å²) in [6, 6.07) is 7.87. The first-order chi connectivity index (χ1) is 11.1. The molecule has 1 aromatic carbocycles. The van der Waals surface area contributed by atoms with E-state index in [9.17, 15) is 13.6 Å². The Hall–Kier alpha value is -2.57. The third-order valence-electron chi connectivity index (χ3n) is 3.79. The van der Waals surface area contributed by atoms with Gasteiger partial charge >= 0.3 is 6.03 Å². The van der Waals surface area contributed by atoms with Gasteiger partial charge in [-0.25, -0.2) is 23.5 Å². The molecule has 1 aromatic heterocycles. The van der Waals surface area contributed by atoms with Crippen LogP contribution in [-0.2, 0) is 0 Å². The molecule has 1 aliphatic heterocycles. The molecule has 5 nitrogen and oxygen atoms in total. The number of nitrogens with zero attached hydrogens (tertiary/aromatic N) is 3. The van der Waals surface area contributed by atoms with Gasteiger partial charge in [-0.05, 0) is 12.8 Å². The smallest absolute Gasteiger partial charge is 0.316 e. The van der Waals surface area contributed by atoms with Crippen LogP contribution in [0.1, 0.15) is 12.8 Å². The Kier molecular flexibility index (Phi) is 4.45. The zero-order chi connectivity index (χ0) is 16.2. The lowest BCUT2D eigenvalue weighted by Crippen LogP contribution is -2.42. The second kappa shape index (κ2) is 6.68. The van der Waals surface area contributed by atoms with E-state index in [2.05, 4.69) is 15.3 Å². The number of urea groups is 1. The molecule has 120 valence electrons. The molecule has 1 N–H and O–H groups in total. The van der Waals surface area contributed by atoms with Crippen LogP contribution in [0, 0.1) is 0 Å². The largest absolute Gasteiger partial charge is 0.322 e. The quantitative estimate of drug-likeness (QED) is 0.943. The van der Waals surface area contributed by atoms with Crippen LogP contribution in [0.3, 0.4) is 0 Å². The minimum atomic E-state index is -2.53. The van der Waals surface area contributed by atoms with E-state index >= 15 is 0 Å². The summed E-state index contributed by atoms with van der Waals surface area (Å²) in [4.78, 5) is 21.7. The minimum Gasteiger partial charge on any atom is -0.316 e. The number of alkyl halides is 2. The number of nitrogens with one attached hydrogen (secondary N) is 1. The number of benzene rings is 1. The maximum Gasteiger partial charge on any atom is 0.322 e. The van der Waals surface area contributed by atoms with Crippen LogP contribution in [0.5, 0.6) is 0 Å². The number of anilines is 1. The monoisotopic (exact) mass is 318 g/mol. The number of rotatable bonds is 3. The van der Waals surface area contributed by atoms with Crippen molar-refractivity contribution in [2.75, 3.05) is 11.9 Å². The van der Waals surface area contributed by atoms with Crippen LogP contribution in [0.2, 0.25) is 0 Å². The lowest BCUT2D eigenvalue weighted by molar-refractivity contribution is 0.0637. The van der Waals surface area contributed by atoms with Crippen molar-refractivity contribution in [1.82, 2.24) is 14.9 Å². The van der Waals surface area contributed by atoms with Crippen LogP contribution < -0.4 is 5.32 Å². The van der Waals surface area contributed by atoms with Crippen molar-refractivity contribution in [3.05, 3.63) is 42.7 Å². The number of likely N-dealkylation sites (tertiary alicyclic amines) is 1. The summed E-state index contributed by atoms with van der Waals surface area (Å²) >= 11 is 0. The Balaban J connectivity index is 1.68. The van der Waals surface area contributed by atoms with E-state index in [-0.39, 0.29) is 0 Å². The zero-order valence-corrected chi connectivity index (χ0v) is 12.3. The van der Waals surface area contributed by atoms with E-state index in [0.717, 1.165) is 5.56 Å². The summed E-state index contributed by atoms with van der Waals surface area (Å²) in [7, 11) is 0. The Morgan fingerprint density at radius 1 is 1.22 bits per heavy atom. The number of aromatic nitrogens is 2. The predicted octanol–water partition coefficient (Wildman–Crippen LogP) is 3.41. The fraction of sp³-hybridized carbons (Fsp3) is 0.312. The molecule has 2 heterocycles. The predicted molar refractivity (Wildman–Crippen MR) is 82.2 cm³/mol. The number of hydrogen-bond acceptors (Lipinski definition) is 3. The van der Waals surface area contributed by atoms with E-state index in [1.807, 2.05) is 30.3 Å². The van der Waals surface area contributed by atoms with Gasteiger partial charge in [-0.2, -0.15) is 0 Å². The van der Waals surface area contributed by atoms with Gasteiger partial charge in [0.15, 0.2) is 5.82 Å². The van der Waals surface area contributed by atoms with Gasteiger partial charge in [-0.3, -0.25) is 0 Å². The summed E-state index contributed by atoms with van der Waals surface area (Å²) in [5, 5.41) is 2.58. The Morgan fingerprint density at radius 3 is 2.57 bits per heavy atom. The first-order valence-electron chi connectivity index (χ1n) is 7.38. The first-order valence-corrected chi connectivity index (χ1v) is 7.38. The highest BCUT2D eigenvalue weighted by Crippen LogP contribution is 2.24. The average molecular weight is 318 g/mol. The van der Waals surface area contributed by atoms with Gasteiger partial charge in [-0.15, -0.1) is 0 Å². The highest BCUT2D eigenvalue weighted by atomic mass is 19.3. The van der Waals surface area contributed by atoms with Gasteiger partial charge in [0, 0.05) is 12.1 Å². The number of hydrogen-bond donors (Lipinski definition) is 1. The van der Waals surface area contributed by atoms with Crippen LogP contribution in [-0.4, -0.2) is 39.9 Å². The Morgan fingerprint density at radius 2 is 1.91 bits per heavy atom. The van der Waals surface area contributed by atoms with Crippen molar-refractivity contribution in [3.8, 4) is 11.4 Å². The number of carbonyl (C=O) groups is 1. The normalized spacial score (nSPS) is 17.5. The molecule has 1 saturated heterocycles. The highest BCUT2D eigenvalue weighted by Gasteiger charge is 2.35. The highest BCUT2D eigenvalue weighted by molar-refractivity contribution is 5.89. The molecule has 0 aliphatic carbocycles. The van der Waals surface area contributed by atoms with E-state index < -0.39 is 18.5 Å². The molecule has 1 aliphatic rings. The molecule has 0 radical (unpaired) electrons. The SMILES string of the molecule is O=C(Nc1cnc(-c2ccccc2)nc1)N1CCC[C@H]1C(F)F. The van der Waals surface area contributed by atoms with Gasteiger partial charge < -0.3 is 10.2 Å². The third-order valence-corrected chi connectivity index (χ3v) is 3.79. The van der Waals surface area contributed by atoms with Crippen molar-refractivity contribution in [3.63, 3.8) is 0 Å². The summed E-state index contributed by atoms with van der Waals surface area (Å²) in [6.07, 6.45) is 1.34. The van der Waals surface area contributed by atoms with Gasteiger partial charge in [-0.1, -0.05) is 30.3 Å². The van der Waals surface area contributed by atoms with Gasteiger partial charge in [0.1, 0.15) is 0 Å². The van der Waals surface area contributed by atoms with E-state index in [1.54, 1.807) is 0 Å². The second-order valence-electron chi connectivity index (χ2n) is 5.33.